The van der Waals surface area contributed by atoms with Gasteiger partial charge in [-0.3, -0.25) is 14.2 Å². The molecule has 1 amide bonds. The van der Waals surface area contributed by atoms with Crippen LogP contribution in [0.3, 0.4) is 0 Å². The Morgan fingerprint density at radius 1 is 0.667 bits per heavy atom. The maximum atomic E-state index is 12.7. The van der Waals surface area contributed by atoms with Crippen molar-refractivity contribution in [1.82, 2.24) is 9.55 Å². The number of amides is 1. The minimum atomic E-state index is -0.496. The van der Waals surface area contributed by atoms with Gasteiger partial charge in [-0.1, -0.05) is 135 Å². The molecule has 1 aromatic rings. The molecule has 0 spiro atoms. The highest BCUT2D eigenvalue weighted by atomic mass is 16.6. The number of carbonyl (C=O) groups excluding carboxylic acids is 2. The third-order valence-electron chi connectivity index (χ3n) is 8.76. The second-order valence-electron chi connectivity index (χ2n) is 13.7. The van der Waals surface area contributed by atoms with Crippen LogP contribution in [-0.4, -0.2) is 34.1 Å². The summed E-state index contributed by atoms with van der Waals surface area (Å²) in [6.07, 6.45) is 58.9. The summed E-state index contributed by atoms with van der Waals surface area (Å²) in [5, 5.41) is 2.72. The molecule has 1 fully saturated rings. The highest BCUT2D eigenvalue weighted by Crippen LogP contribution is 2.27. The maximum absolute atomic E-state index is 12.7. The number of hydrogen-bond acceptors (Lipinski definition) is 6. The molecule has 0 bridgehead atoms. The minimum absolute atomic E-state index is 0.160. The zero-order valence-electron chi connectivity index (χ0n) is 34.7. The summed E-state index contributed by atoms with van der Waals surface area (Å²) < 4.78 is 12.9. The Morgan fingerprint density at radius 2 is 1.11 bits per heavy atom. The molecule has 8 heteroatoms. The van der Waals surface area contributed by atoms with Crippen molar-refractivity contribution >= 4 is 17.7 Å². The standard InChI is InChI=1S/C49H69N3O5/c1-3-5-7-9-11-13-15-17-19-21-23-25-27-29-31-33-35-37-46(53)50-45-41-42-52(49(55)51-45)47-40-39-44(57-47)43-56-48(54)38-36-34-32-30-28-26-24-22-20-18-16-14-12-10-8-6-4-2/h5-8,11-14,17-20,23-26,29-32,41-42,44,47H,3-4,9-10,15-16,21-22,27-28,33-40,43H2,1-2H3,(H,50,51,53,55)/b7-5-,8-6-,13-11-,14-12-,19-17-,20-18-,25-23-,26-24-,31-29-,32-30-/t44-,47?/m0/s1. The van der Waals surface area contributed by atoms with Gasteiger partial charge in [0.1, 0.15) is 18.7 Å². The molecule has 2 heterocycles. The van der Waals surface area contributed by atoms with E-state index in [0.717, 1.165) is 83.5 Å². The lowest BCUT2D eigenvalue weighted by atomic mass is 10.2. The van der Waals surface area contributed by atoms with Crippen LogP contribution in [0.1, 0.15) is 136 Å². The maximum Gasteiger partial charge on any atom is 0.351 e. The average molecular weight is 780 g/mol. The van der Waals surface area contributed by atoms with Crippen molar-refractivity contribution in [2.45, 2.75) is 142 Å². The molecule has 1 N–H and O–H groups in total. The summed E-state index contributed by atoms with van der Waals surface area (Å²) >= 11 is 0. The van der Waals surface area contributed by atoms with Crippen molar-refractivity contribution in [3.8, 4) is 0 Å². The first kappa shape index (κ1) is 48.3. The molecule has 1 aromatic heterocycles. The van der Waals surface area contributed by atoms with Crippen LogP contribution in [0.25, 0.3) is 0 Å². The van der Waals surface area contributed by atoms with Crippen LogP contribution >= 0.6 is 0 Å². The number of rotatable bonds is 30. The lowest BCUT2D eigenvalue weighted by molar-refractivity contribution is -0.148. The lowest BCUT2D eigenvalue weighted by Gasteiger charge is -2.16. The van der Waals surface area contributed by atoms with Crippen molar-refractivity contribution in [2.75, 3.05) is 11.9 Å². The molecule has 0 radical (unpaired) electrons. The van der Waals surface area contributed by atoms with Crippen molar-refractivity contribution in [2.24, 2.45) is 0 Å². The van der Waals surface area contributed by atoms with Crippen molar-refractivity contribution in [3.05, 3.63) is 144 Å². The predicted octanol–water partition coefficient (Wildman–Crippen LogP) is 12.2. The van der Waals surface area contributed by atoms with Gasteiger partial charge in [-0.25, -0.2) is 4.79 Å². The summed E-state index contributed by atoms with van der Waals surface area (Å²) in [5.41, 5.74) is -0.496. The summed E-state index contributed by atoms with van der Waals surface area (Å²) in [6.45, 7) is 4.45. The number of esters is 1. The third kappa shape index (κ3) is 26.6. The Hall–Kier alpha value is -4.82. The molecule has 1 saturated heterocycles. The smallest absolute Gasteiger partial charge is 0.351 e. The summed E-state index contributed by atoms with van der Waals surface area (Å²) in [5.74, 6) is -0.195. The monoisotopic (exact) mass is 780 g/mol. The van der Waals surface area contributed by atoms with E-state index in [9.17, 15) is 14.4 Å². The topological polar surface area (TPSA) is 99.5 Å². The molecule has 1 aliphatic rings. The van der Waals surface area contributed by atoms with Crippen LogP contribution in [0.2, 0.25) is 0 Å². The summed E-state index contributed by atoms with van der Waals surface area (Å²) in [7, 11) is 0. The number of carbonyl (C=O) groups is 2. The molecule has 0 aromatic carbocycles. The zero-order valence-corrected chi connectivity index (χ0v) is 34.7. The first-order chi connectivity index (χ1) is 28.0. The second kappa shape index (κ2) is 34.4. The number of anilines is 1. The van der Waals surface area contributed by atoms with Gasteiger partial charge in [0.15, 0.2) is 0 Å². The quantitative estimate of drug-likeness (QED) is 0.0474. The number of aromatic nitrogens is 2. The normalized spacial score (nSPS) is 16.7. The van der Waals surface area contributed by atoms with Crippen molar-refractivity contribution in [3.63, 3.8) is 0 Å². The fourth-order valence-corrected chi connectivity index (χ4v) is 5.66. The fraction of sp³-hybridized carbons (Fsp3) is 0.469. The van der Waals surface area contributed by atoms with Gasteiger partial charge in [0.05, 0.1) is 6.10 Å². The van der Waals surface area contributed by atoms with Crippen molar-refractivity contribution < 1.29 is 19.1 Å². The van der Waals surface area contributed by atoms with E-state index in [1.807, 2.05) is 0 Å². The van der Waals surface area contributed by atoms with Gasteiger partial charge in [-0.05, 0) is 109 Å². The molecule has 310 valence electrons. The highest BCUT2D eigenvalue weighted by molar-refractivity contribution is 5.89. The Kier molecular flexibility index (Phi) is 29.2. The first-order valence-electron chi connectivity index (χ1n) is 21.2. The Morgan fingerprint density at radius 3 is 1.56 bits per heavy atom. The van der Waals surface area contributed by atoms with Gasteiger partial charge >= 0.3 is 11.7 Å². The van der Waals surface area contributed by atoms with Gasteiger partial charge in [0, 0.05) is 19.0 Å². The Bertz CT molecular complexity index is 1600. The third-order valence-corrected chi connectivity index (χ3v) is 8.76. The van der Waals surface area contributed by atoms with Gasteiger partial charge in [-0.2, -0.15) is 4.98 Å². The molecule has 1 unspecified atom stereocenters. The average Bonchev–Trinajstić information content (AvgIpc) is 3.68. The molecular weight excluding hydrogens is 711 g/mol. The van der Waals surface area contributed by atoms with E-state index in [2.05, 4.69) is 146 Å². The van der Waals surface area contributed by atoms with E-state index in [-0.39, 0.29) is 30.4 Å². The first-order valence-corrected chi connectivity index (χ1v) is 21.2. The molecule has 57 heavy (non-hydrogen) atoms. The van der Waals surface area contributed by atoms with E-state index < -0.39 is 11.9 Å². The number of allylic oxidation sites excluding steroid dienone is 20. The van der Waals surface area contributed by atoms with E-state index in [1.165, 1.54) is 4.57 Å². The SMILES string of the molecule is CC/C=C\C/C=C\C/C=C\C/C=C\C/C=C\CCCC(=O)Nc1ccn(C2CC[C@@H](COC(=O)CCC/C=C\C/C=C\C/C=C\C/C=C\C/C=C\CC)O2)c(=O)n1. The van der Waals surface area contributed by atoms with E-state index in [1.54, 1.807) is 12.3 Å². The molecule has 2 atom stereocenters. The van der Waals surface area contributed by atoms with E-state index >= 15 is 0 Å². The molecule has 0 saturated carbocycles. The molecule has 1 aliphatic heterocycles. The number of nitrogens with zero attached hydrogens (tertiary/aromatic N) is 2. The van der Waals surface area contributed by atoms with E-state index in [4.69, 9.17) is 9.47 Å². The van der Waals surface area contributed by atoms with Crippen LogP contribution in [0.4, 0.5) is 5.82 Å². The largest absolute Gasteiger partial charge is 0.463 e. The molecule has 8 nitrogen and oxygen atoms in total. The van der Waals surface area contributed by atoms with Gasteiger partial charge < -0.3 is 14.8 Å². The Labute approximate surface area is 343 Å². The minimum Gasteiger partial charge on any atom is -0.463 e. The van der Waals surface area contributed by atoms with Crippen LogP contribution in [0.15, 0.2) is 139 Å². The molecule has 2 rings (SSSR count). The van der Waals surface area contributed by atoms with Gasteiger partial charge in [-0.15, -0.1) is 0 Å². The van der Waals surface area contributed by atoms with Gasteiger partial charge in [0.25, 0.3) is 0 Å². The van der Waals surface area contributed by atoms with Crippen LogP contribution in [-0.2, 0) is 19.1 Å². The molecule has 0 aliphatic carbocycles. The van der Waals surface area contributed by atoms with E-state index in [0.29, 0.717) is 32.1 Å². The fourth-order valence-electron chi connectivity index (χ4n) is 5.66. The number of unbranched alkanes of at least 4 members (excludes halogenated alkanes) is 2. The summed E-state index contributed by atoms with van der Waals surface area (Å²) in [4.78, 5) is 41.5. The number of nitrogens with one attached hydrogen (secondary N) is 1. The van der Waals surface area contributed by atoms with Crippen LogP contribution in [0, 0.1) is 0 Å². The highest BCUT2D eigenvalue weighted by Gasteiger charge is 2.28. The molecular formula is C49H69N3O5. The van der Waals surface area contributed by atoms with Gasteiger partial charge in [0.2, 0.25) is 5.91 Å². The number of ether oxygens (including phenoxy) is 2. The second-order valence-corrected chi connectivity index (χ2v) is 13.7. The number of hydrogen-bond donors (Lipinski definition) is 1. The predicted molar refractivity (Wildman–Crippen MR) is 238 cm³/mol. The Balaban J connectivity index is 1.52. The zero-order chi connectivity index (χ0) is 40.9. The summed E-state index contributed by atoms with van der Waals surface area (Å²) in [6, 6.07) is 1.61. The van der Waals surface area contributed by atoms with Crippen LogP contribution in [0.5, 0.6) is 0 Å². The van der Waals surface area contributed by atoms with Crippen LogP contribution < -0.4 is 11.0 Å². The van der Waals surface area contributed by atoms with Crippen molar-refractivity contribution in [1.29, 1.82) is 0 Å². The lowest BCUT2D eigenvalue weighted by Crippen LogP contribution is -2.29.